The third-order valence-corrected chi connectivity index (χ3v) is 2.58. The molecule has 1 atom stereocenters. The van der Waals surface area contributed by atoms with E-state index in [2.05, 4.69) is 11.4 Å². The second kappa shape index (κ2) is 4.34. The first-order valence-corrected chi connectivity index (χ1v) is 5.24. The van der Waals surface area contributed by atoms with Crippen LogP contribution in [-0.4, -0.2) is 18.6 Å². The van der Waals surface area contributed by atoms with E-state index in [1.807, 2.05) is 18.2 Å². The summed E-state index contributed by atoms with van der Waals surface area (Å²) < 4.78 is 5.77. The average molecular weight is 205 g/mol. The van der Waals surface area contributed by atoms with Crippen molar-refractivity contribution >= 4 is 5.91 Å². The van der Waals surface area contributed by atoms with Gasteiger partial charge in [0.25, 0.3) is 0 Å². The van der Waals surface area contributed by atoms with Crippen LogP contribution in [0.15, 0.2) is 24.3 Å². The number of rotatable bonds is 2. The Morgan fingerprint density at radius 3 is 3.13 bits per heavy atom. The number of para-hydroxylation sites is 1. The average Bonchev–Trinajstić information content (AvgIpc) is 2.26. The van der Waals surface area contributed by atoms with Crippen LogP contribution in [0.5, 0.6) is 5.75 Å². The maximum atomic E-state index is 10.8. The molecule has 0 saturated carbocycles. The van der Waals surface area contributed by atoms with Crippen molar-refractivity contribution in [3.63, 3.8) is 0 Å². The van der Waals surface area contributed by atoms with Crippen molar-refractivity contribution in [1.82, 2.24) is 5.32 Å². The van der Waals surface area contributed by atoms with Crippen molar-refractivity contribution in [3.05, 3.63) is 29.8 Å². The van der Waals surface area contributed by atoms with Gasteiger partial charge in [0.1, 0.15) is 11.9 Å². The Balaban J connectivity index is 1.96. The molecule has 0 unspecified atom stereocenters. The van der Waals surface area contributed by atoms with Crippen LogP contribution in [0.3, 0.4) is 0 Å². The highest BCUT2D eigenvalue weighted by Crippen LogP contribution is 2.26. The number of fused-ring (bicyclic) bond motifs is 1. The van der Waals surface area contributed by atoms with Crippen LogP contribution >= 0.6 is 0 Å². The van der Waals surface area contributed by atoms with Gasteiger partial charge < -0.3 is 10.1 Å². The molecule has 1 amide bonds. The lowest BCUT2D eigenvalue weighted by molar-refractivity contribution is -0.119. The molecular formula is C12H15NO2. The summed E-state index contributed by atoms with van der Waals surface area (Å²) in [6.07, 6.45) is 2.11. The minimum Gasteiger partial charge on any atom is -0.488 e. The summed E-state index contributed by atoms with van der Waals surface area (Å²) in [5.41, 5.74) is 1.26. The standard InChI is InChI=1S/C12H15NO2/c1-9(14)13-8-11-7-6-10-4-2-3-5-12(10)15-11/h2-5,11H,6-8H2,1H3,(H,13,14)/t11-/m1/s1. The molecule has 1 N–H and O–H groups in total. The first-order valence-electron chi connectivity index (χ1n) is 5.24. The van der Waals surface area contributed by atoms with Crippen LogP contribution in [0.1, 0.15) is 18.9 Å². The monoisotopic (exact) mass is 205 g/mol. The quantitative estimate of drug-likeness (QED) is 0.795. The first-order chi connectivity index (χ1) is 7.25. The highest BCUT2D eigenvalue weighted by Gasteiger charge is 2.18. The van der Waals surface area contributed by atoms with E-state index >= 15 is 0 Å². The highest BCUT2D eigenvalue weighted by molar-refractivity contribution is 5.72. The van der Waals surface area contributed by atoms with Crippen molar-refractivity contribution in [3.8, 4) is 5.75 Å². The predicted octanol–water partition coefficient (Wildman–Crippen LogP) is 1.52. The summed E-state index contributed by atoms with van der Waals surface area (Å²) in [4.78, 5) is 10.8. The molecule has 1 aromatic carbocycles. The molecule has 3 heteroatoms. The van der Waals surface area contributed by atoms with Gasteiger partial charge in [0.2, 0.25) is 5.91 Å². The Bertz CT molecular complexity index is 362. The van der Waals surface area contributed by atoms with Crippen LogP contribution in [0.2, 0.25) is 0 Å². The highest BCUT2D eigenvalue weighted by atomic mass is 16.5. The summed E-state index contributed by atoms with van der Waals surface area (Å²) in [6, 6.07) is 8.06. The number of aryl methyl sites for hydroxylation is 1. The van der Waals surface area contributed by atoms with Gasteiger partial charge in [0, 0.05) is 6.92 Å². The molecule has 1 heterocycles. The van der Waals surface area contributed by atoms with Crippen molar-refractivity contribution in [1.29, 1.82) is 0 Å². The van der Waals surface area contributed by atoms with E-state index in [0.29, 0.717) is 6.54 Å². The van der Waals surface area contributed by atoms with E-state index in [-0.39, 0.29) is 12.0 Å². The van der Waals surface area contributed by atoms with E-state index < -0.39 is 0 Å². The summed E-state index contributed by atoms with van der Waals surface area (Å²) in [5, 5.41) is 2.78. The van der Waals surface area contributed by atoms with Gasteiger partial charge in [0.05, 0.1) is 6.54 Å². The van der Waals surface area contributed by atoms with Gasteiger partial charge in [-0.25, -0.2) is 0 Å². The SMILES string of the molecule is CC(=O)NC[C@H]1CCc2ccccc2O1. The number of nitrogens with one attached hydrogen (secondary N) is 1. The van der Waals surface area contributed by atoms with Gasteiger partial charge >= 0.3 is 0 Å². The molecule has 1 aliphatic rings. The molecule has 0 saturated heterocycles. The van der Waals surface area contributed by atoms with Gasteiger partial charge in [0.15, 0.2) is 0 Å². The molecule has 0 aliphatic carbocycles. The van der Waals surface area contributed by atoms with Crippen LogP contribution in [-0.2, 0) is 11.2 Å². The Morgan fingerprint density at radius 2 is 2.33 bits per heavy atom. The lowest BCUT2D eigenvalue weighted by Crippen LogP contribution is -2.36. The number of benzene rings is 1. The van der Waals surface area contributed by atoms with Crippen LogP contribution in [0, 0.1) is 0 Å². The van der Waals surface area contributed by atoms with Crippen molar-refractivity contribution in [2.45, 2.75) is 25.9 Å². The number of hydrogen-bond acceptors (Lipinski definition) is 2. The Kier molecular flexibility index (Phi) is 2.90. The second-order valence-corrected chi connectivity index (χ2v) is 3.82. The number of hydrogen-bond donors (Lipinski definition) is 1. The topological polar surface area (TPSA) is 38.3 Å². The Morgan fingerprint density at radius 1 is 1.53 bits per heavy atom. The van der Waals surface area contributed by atoms with E-state index in [9.17, 15) is 4.79 Å². The van der Waals surface area contributed by atoms with Gasteiger partial charge in [-0.1, -0.05) is 18.2 Å². The molecular weight excluding hydrogens is 190 g/mol. The summed E-state index contributed by atoms with van der Waals surface area (Å²) in [7, 11) is 0. The summed E-state index contributed by atoms with van der Waals surface area (Å²) in [6.45, 7) is 2.13. The van der Waals surface area contributed by atoms with Gasteiger partial charge in [-0.15, -0.1) is 0 Å². The second-order valence-electron chi connectivity index (χ2n) is 3.82. The maximum absolute atomic E-state index is 10.8. The van der Waals surface area contributed by atoms with E-state index in [1.54, 1.807) is 0 Å². The van der Waals surface area contributed by atoms with Crippen molar-refractivity contribution in [2.75, 3.05) is 6.54 Å². The minimum atomic E-state index is -0.00235. The van der Waals surface area contributed by atoms with Crippen molar-refractivity contribution in [2.24, 2.45) is 0 Å². The van der Waals surface area contributed by atoms with E-state index in [0.717, 1.165) is 18.6 Å². The molecule has 0 radical (unpaired) electrons. The normalized spacial score (nSPS) is 18.9. The Hall–Kier alpha value is -1.51. The lowest BCUT2D eigenvalue weighted by atomic mass is 10.0. The number of carbonyl (C=O) groups is 1. The van der Waals surface area contributed by atoms with Gasteiger partial charge in [-0.3, -0.25) is 4.79 Å². The summed E-state index contributed by atoms with van der Waals surface area (Å²) in [5.74, 6) is 0.955. The molecule has 0 aromatic heterocycles. The third kappa shape index (κ3) is 2.49. The fourth-order valence-corrected chi connectivity index (χ4v) is 1.78. The molecule has 15 heavy (non-hydrogen) atoms. The molecule has 3 nitrogen and oxygen atoms in total. The predicted molar refractivity (Wildman–Crippen MR) is 57.9 cm³/mol. The Labute approximate surface area is 89.4 Å². The minimum absolute atomic E-state index is 0.00235. The fraction of sp³-hybridized carbons (Fsp3) is 0.417. The summed E-state index contributed by atoms with van der Waals surface area (Å²) >= 11 is 0. The molecule has 0 spiro atoms. The maximum Gasteiger partial charge on any atom is 0.217 e. The lowest BCUT2D eigenvalue weighted by Gasteiger charge is -2.25. The zero-order chi connectivity index (χ0) is 10.7. The van der Waals surface area contributed by atoms with Crippen LogP contribution in [0.4, 0.5) is 0 Å². The molecule has 80 valence electrons. The van der Waals surface area contributed by atoms with Gasteiger partial charge in [-0.2, -0.15) is 0 Å². The molecule has 0 bridgehead atoms. The van der Waals surface area contributed by atoms with E-state index in [4.69, 9.17) is 4.74 Å². The van der Waals surface area contributed by atoms with E-state index in [1.165, 1.54) is 12.5 Å². The smallest absolute Gasteiger partial charge is 0.217 e. The largest absolute Gasteiger partial charge is 0.488 e. The molecule has 1 aliphatic heterocycles. The first kappa shape index (κ1) is 10.0. The number of amides is 1. The third-order valence-electron chi connectivity index (χ3n) is 2.58. The fourth-order valence-electron chi connectivity index (χ4n) is 1.78. The number of ether oxygens (including phenoxy) is 1. The van der Waals surface area contributed by atoms with Crippen LogP contribution < -0.4 is 10.1 Å². The van der Waals surface area contributed by atoms with Gasteiger partial charge in [-0.05, 0) is 24.5 Å². The van der Waals surface area contributed by atoms with Crippen molar-refractivity contribution < 1.29 is 9.53 Å². The number of carbonyl (C=O) groups excluding carboxylic acids is 1. The zero-order valence-electron chi connectivity index (χ0n) is 8.82. The van der Waals surface area contributed by atoms with Crippen LogP contribution in [0.25, 0.3) is 0 Å². The molecule has 0 fully saturated rings. The zero-order valence-corrected chi connectivity index (χ0v) is 8.82. The molecule has 2 rings (SSSR count). The molecule has 1 aromatic rings.